The third kappa shape index (κ3) is 4.36. The van der Waals surface area contributed by atoms with Crippen LogP contribution in [0.25, 0.3) is 0 Å². The van der Waals surface area contributed by atoms with Gasteiger partial charge in [-0.05, 0) is 68.6 Å². The second-order valence-electron chi connectivity index (χ2n) is 9.43. The standard InChI is InChI=1S/C22H22F3N5O3/c23-22(24,25)16-4-6-27-18(28-16)33-19(32)30-21-10-13-7-14(11-21)9-20(8-13,12-21)29-17(31)15-3-1-2-5-26-15/h1-6,13-14H,7-12H2,(H,29,31)(H,30,32). The number of amides is 2. The van der Waals surface area contributed by atoms with Crippen molar-refractivity contribution in [2.45, 2.75) is 55.8 Å². The number of nitrogens with zero attached hydrogens (tertiary/aromatic N) is 3. The maximum Gasteiger partial charge on any atom is 0.433 e. The van der Waals surface area contributed by atoms with Gasteiger partial charge < -0.3 is 15.4 Å². The van der Waals surface area contributed by atoms with Crippen molar-refractivity contribution in [3.05, 3.63) is 48.0 Å². The maximum absolute atomic E-state index is 12.9. The zero-order valence-corrected chi connectivity index (χ0v) is 17.6. The molecule has 8 nitrogen and oxygen atoms in total. The van der Waals surface area contributed by atoms with E-state index in [4.69, 9.17) is 4.74 Å². The van der Waals surface area contributed by atoms with Crippen molar-refractivity contribution < 1.29 is 27.5 Å². The van der Waals surface area contributed by atoms with Crippen molar-refractivity contribution in [3.8, 4) is 6.01 Å². The fourth-order valence-electron chi connectivity index (χ4n) is 6.23. The zero-order chi connectivity index (χ0) is 23.3. The third-order valence-electron chi connectivity index (χ3n) is 6.81. The largest absolute Gasteiger partial charge is 0.433 e. The maximum atomic E-state index is 12.9. The minimum Gasteiger partial charge on any atom is -0.374 e. The number of ether oxygens (including phenoxy) is 1. The van der Waals surface area contributed by atoms with E-state index in [-0.39, 0.29) is 5.91 Å². The van der Waals surface area contributed by atoms with Gasteiger partial charge >= 0.3 is 18.3 Å². The van der Waals surface area contributed by atoms with E-state index in [2.05, 4.69) is 25.6 Å². The number of hydrogen-bond donors (Lipinski definition) is 2. The SMILES string of the molecule is O=C(NC12CC3CC(C1)CC(NC(=O)c1ccccn1)(C3)C2)Oc1nccc(C(F)(F)F)n1. The highest BCUT2D eigenvalue weighted by Gasteiger charge is 2.59. The third-order valence-corrected chi connectivity index (χ3v) is 6.81. The molecule has 2 aromatic rings. The molecule has 2 amide bonds. The molecular weight excluding hydrogens is 439 g/mol. The Labute approximate surface area is 187 Å². The predicted octanol–water partition coefficient (Wildman–Crippen LogP) is 3.50. The molecule has 4 aliphatic carbocycles. The molecule has 4 saturated carbocycles. The molecule has 6 rings (SSSR count). The topological polar surface area (TPSA) is 106 Å². The first kappa shape index (κ1) is 21.6. The summed E-state index contributed by atoms with van der Waals surface area (Å²) in [6.45, 7) is 0. The quantitative estimate of drug-likeness (QED) is 0.722. The molecule has 0 aromatic carbocycles. The van der Waals surface area contributed by atoms with Gasteiger partial charge in [0, 0.05) is 23.5 Å². The molecule has 0 aliphatic heterocycles. The summed E-state index contributed by atoms with van der Waals surface area (Å²) >= 11 is 0. The Bertz CT molecular complexity index is 1060. The summed E-state index contributed by atoms with van der Waals surface area (Å²) in [4.78, 5) is 36.4. The Balaban J connectivity index is 1.31. The van der Waals surface area contributed by atoms with Gasteiger partial charge in [-0.15, -0.1) is 0 Å². The Hall–Kier alpha value is -3.24. The molecule has 4 fully saturated rings. The summed E-state index contributed by atoms with van der Waals surface area (Å²) in [5, 5.41) is 6.05. The van der Waals surface area contributed by atoms with Gasteiger partial charge in [0.15, 0.2) is 5.69 Å². The van der Waals surface area contributed by atoms with Gasteiger partial charge in [-0.2, -0.15) is 18.2 Å². The van der Waals surface area contributed by atoms with Crippen LogP contribution < -0.4 is 15.4 Å². The molecule has 0 radical (unpaired) electrons. The van der Waals surface area contributed by atoms with Crippen LogP contribution in [0.1, 0.15) is 54.7 Å². The van der Waals surface area contributed by atoms with E-state index >= 15 is 0 Å². The molecular formula is C22H22F3N5O3. The Morgan fingerprint density at radius 1 is 0.970 bits per heavy atom. The fraction of sp³-hybridized carbons (Fsp3) is 0.500. The lowest BCUT2D eigenvalue weighted by Gasteiger charge is -2.61. The van der Waals surface area contributed by atoms with Crippen LogP contribution in [0, 0.1) is 11.8 Å². The van der Waals surface area contributed by atoms with E-state index < -0.39 is 35.1 Å². The summed E-state index contributed by atoms with van der Waals surface area (Å²) in [6, 6.07) is 5.18. The van der Waals surface area contributed by atoms with Gasteiger partial charge in [-0.3, -0.25) is 9.78 Å². The lowest BCUT2D eigenvalue weighted by Crippen LogP contribution is -2.70. The molecule has 33 heavy (non-hydrogen) atoms. The highest BCUT2D eigenvalue weighted by Crippen LogP contribution is 2.57. The Morgan fingerprint density at radius 2 is 1.67 bits per heavy atom. The van der Waals surface area contributed by atoms with Crippen LogP contribution in [0.5, 0.6) is 6.01 Å². The highest BCUT2D eigenvalue weighted by atomic mass is 19.4. The second kappa shape index (κ2) is 7.67. The van der Waals surface area contributed by atoms with E-state index in [0.717, 1.165) is 38.3 Å². The normalized spacial score (nSPS) is 30.0. The fourth-order valence-corrected chi connectivity index (χ4v) is 6.23. The van der Waals surface area contributed by atoms with Crippen molar-refractivity contribution in [1.29, 1.82) is 0 Å². The molecule has 2 unspecified atom stereocenters. The van der Waals surface area contributed by atoms with E-state index in [9.17, 15) is 22.8 Å². The first-order valence-corrected chi connectivity index (χ1v) is 10.8. The number of pyridine rings is 1. The number of nitrogens with one attached hydrogen (secondary N) is 2. The molecule has 0 spiro atoms. The van der Waals surface area contributed by atoms with Gasteiger partial charge in [-0.25, -0.2) is 9.78 Å². The lowest BCUT2D eigenvalue weighted by atomic mass is 9.50. The monoisotopic (exact) mass is 461 g/mol. The molecule has 2 heterocycles. The summed E-state index contributed by atoms with van der Waals surface area (Å²) in [5.74, 6) is 0.383. The molecule has 4 bridgehead atoms. The number of rotatable bonds is 4. The number of aromatic nitrogens is 3. The second-order valence-corrected chi connectivity index (χ2v) is 9.43. The summed E-state index contributed by atoms with van der Waals surface area (Å²) < 4.78 is 43.6. The molecule has 2 aromatic heterocycles. The Morgan fingerprint density at radius 3 is 2.30 bits per heavy atom. The molecule has 4 aliphatic rings. The first-order valence-electron chi connectivity index (χ1n) is 10.8. The van der Waals surface area contributed by atoms with E-state index in [1.54, 1.807) is 24.4 Å². The van der Waals surface area contributed by atoms with Gasteiger partial charge in [0.1, 0.15) is 5.69 Å². The molecule has 11 heteroatoms. The highest BCUT2D eigenvalue weighted by molar-refractivity contribution is 5.92. The summed E-state index contributed by atoms with van der Waals surface area (Å²) in [7, 11) is 0. The van der Waals surface area contributed by atoms with Crippen LogP contribution in [-0.2, 0) is 6.18 Å². The predicted molar refractivity (Wildman–Crippen MR) is 108 cm³/mol. The minimum absolute atomic E-state index is 0.257. The van der Waals surface area contributed by atoms with Crippen LogP contribution in [0.3, 0.4) is 0 Å². The van der Waals surface area contributed by atoms with Crippen molar-refractivity contribution in [2.75, 3.05) is 0 Å². The number of alkyl halides is 3. The van der Waals surface area contributed by atoms with Crippen LogP contribution in [0.2, 0.25) is 0 Å². The van der Waals surface area contributed by atoms with Crippen LogP contribution in [-0.4, -0.2) is 38.0 Å². The van der Waals surface area contributed by atoms with Gasteiger partial charge in [0.05, 0.1) is 0 Å². The van der Waals surface area contributed by atoms with Crippen molar-refractivity contribution in [1.82, 2.24) is 25.6 Å². The average Bonchev–Trinajstić information content (AvgIpc) is 2.72. The number of carbonyl (C=O) groups excluding carboxylic acids is 2. The summed E-state index contributed by atoms with van der Waals surface area (Å²) in [6.07, 6.45) is 1.51. The van der Waals surface area contributed by atoms with Gasteiger partial charge in [0.25, 0.3) is 5.91 Å². The lowest BCUT2D eigenvalue weighted by molar-refractivity contribution is -0.141. The molecule has 0 saturated heterocycles. The van der Waals surface area contributed by atoms with Crippen molar-refractivity contribution in [2.24, 2.45) is 11.8 Å². The van der Waals surface area contributed by atoms with Crippen molar-refractivity contribution in [3.63, 3.8) is 0 Å². The van der Waals surface area contributed by atoms with Crippen LogP contribution >= 0.6 is 0 Å². The van der Waals surface area contributed by atoms with Gasteiger partial charge in [-0.1, -0.05) is 6.07 Å². The smallest absolute Gasteiger partial charge is 0.374 e. The van der Waals surface area contributed by atoms with Crippen LogP contribution in [0.4, 0.5) is 18.0 Å². The molecule has 2 N–H and O–H groups in total. The summed E-state index contributed by atoms with van der Waals surface area (Å²) in [5.41, 5.74) is -1.94. The molecule has 2 atom stereocenters. The zero-order valence-electron chi connectivity index (χ0n) is 17.6. The minimum atomic E-state index is -4.67. The Kier molecular flexibility index (Phi) is 5.02. The first-order chi connectivity index (χ1) is 15.6. The van der Waals surface area contributed by atoms with E-state index in [1.807, 2.05) is 0 Å². The van der Waals surface area contributed by atoms with Gasteiger partial charge in [0.2, 0.25) is 0 Å². The van der Waals surface area contributed by atoms with Crippen molar-refractivity contribution >= 4 is 12.0 Å². The molecule has 174 valence electrons. The van der Waals surface area contributed by atoms with Crippen LogP contribution in [0.15, 0.2) is 36.7 Å². The average molecular weight is 461 g/mol. The van der Waals surface area contributed by atoms with E-state index in [0.29, 0.717) is 30.0 Å². The number of hydrogen-bond acceptors (Lipinski definition) is 6. The number of carbonyl (C=O) groups is 2. The van der Waals surface area contributed by atoms with E-state index in [1.165, 1.54) is 0 Å². The number of halogens is 3.